The molecule has 23 heavy (non-hydrogen) atoms. The van der Waals surface area contributed by atoms with E-state index in [1.807, 2.05) is 26.0 Å². The first-order valence-corrected chi connectivity index (χ1v) is 8.74. The minimum atomic E-state index is -0.628. The second-order valence-corrected chi connectivity index (χ2v) is 5.77. The summed E-state index contributed by atoms with van der Waals surface area (Å²) in [5, 5.41) is 10.6. The van der Waals surface area contributed by atoms with Gasteiger partial charge in [-0.25, -0.2) is 0 Å². The standard InChI is InChI=1S/C19H31NO3/c1-5-8-9-10-13-16(21)15-12-11-14-17(23-4)18(15)19(22)20(6-2)7-3/h11-12,14,16,21H,5-10,13H2,1-4H3. The van der Waals surface area contributed by atoms with Crippen molar-refractivity contribution in [3.63, 3.8) is 0 Å². The largest absolute Gasteiger partial charge is 0.496 e. The number of methoxy groups -OCH3 is 1. The van der Waals surface area contributed by atoms with E-state index >= 15 is 0 Å². The van der Waals surface area contributed by atoms with Crippen molar-refractivity contribution in [3.05, 3.63) is 29.3 Å². The number of hydrogen-bond donors (Lipinski definition) is 1. The van der Waals surface area contributed by atoms with Crippen molar-refractivity contribution in [1.82, 2.24) is 4.90 Å². The van der Waals surface area contributed by atoms with Crippen LogP contribution in [0.5, 0.6) is 5.75 Å². The van der Waals surface area contributed by atoms with E-state index in [9.17, 15) is 9.90 Å². The fourth-order valence-corrected chi connectivity index (χ4v) is 2.81. The van der Waals surface area contributed by atoms with Gasteiger partial charge in [-0.05, 0) is 31.9 Å². The SMILES string of the molecule is CCCCCCC(O)c1cccc(OC)c1C(=O)N(CC)CC. The van der Waals surface area contributed by atoms with Crippen LogP contribution in [0.25, 0.3) is 0 Å². The monoisotopic (exact) mass is 321 g/mol. The van der Waals surface area contributed by atoms with Crippen LogP contribution >= 0.6 is 0 Å². The molecule has 130 valence electrons. The Labute approximate surface area is 140 Å². The van der Waals surface area contributed by atoms with E-state index in [2.05, 4.69) is 6.92 Å². The Morgan fingerprint density at radius 3 is 2.43 bits per heavy atom. The normalized spacial score (nSPS) is 12.0. The van der Waals surface area contributed by atoms with Crippen LogP contribution < -0.4 is 4.74 Å². The van der Waals surface area contributed by atoms with Gasteiger partial charge < -0.3 is 14.7 Å². The number of carbonyl (C=O) groups is 1. The average molecular weight is 321 g/mol. The summed E-state index contributed by atoms with van der Waals surface area (Å²) in [7, 11) is 1.56. The fourth-order valence-electron chi connectivity index (χ4n) is 2.81. The Hall–Kier alpha value is -1.55. The molecule has 0 saturated carbocycles. The zero-order chi connectivity index (χ0) is 17.2. The summed E-state index contributed by atoms with van der Waals surface area (Å²) in [5.74, 6) is 0.460. The number of amides is 1. The van der Waals surface area contributed by atoms with Crippen molar-refractivity contribution in [2.24, 2.45) is 0 Å². The van der Waals surface area contributed by atoms with Gasteiger partial charge in [-0.15, -0.1) is 0 Å². The van der Waals surface area contributed by atoms with Gasteiger partial charge in [-0.2, -0.15) is 0 Å². The van der Waals surface area contributed by atoms with Gasteiger partial charge in [-0.1, -0.05) is 44.7 Å². The van der Waals surface area contributed by atoms with Crippen molar-refractivity contribution in [3.8, 4) is 5.75 Å². The molecule has 4 heteroatoms. The summed E-state index contributed by atoms with van der Waals surface area (Å²) in [6.07, 6.45) is 4.46. The Balaban J connectivity index is 3.04. The van der Waals surface area contributed by atoms with Gasteiger partial charge in [0.2, 0.25) is 0 Å². The van der Waals surface area contributed by atoms with E-state index in [1.165, 1.54) is 12.8 Å². The van der Waals surface area contributed by atoms with Crippen molar-refractivity contribution < 1.29 is 14.6 Å². The Bertz CT molecular complexity index is 484. The lowest BCUT2D eigenvalue weighted by atomic mass is 9.96. The minimum absolute atomic E-state index is 0.0740. The predicted molar refractivity (Wildman–Crippen MR) is 94.0 cm³/mol. The van der Waals surface area contributed by atoms with Gasteiger partial charge in [-0.3, -0.25) is 4.79 Å². The summed E-state index contributed by atoms with van der Waals surface area (Å²) in [5.41, 5.74) is 1.18. The van der Waals surface area contributed by atoms with Gasteiger partial charge in [0.1, 0.15) is 5.75 Å². The molecule has 1 aromatic rings. The quantitative estimate of drug-likeness (QED) is 0.658. The Kier molecular flexibility index (Phi) is 8.70. The first-order valence-electron chi connectivity index (χ1n) is 8.74. The van der Waals surface area contributed by atoms with Crippen LogP contribution in [0.3, 0.4) is 0 Å². The van der Waals surface area contributed by atoms with E-state index < -0.39 is 6.10 Å². The molecule has 0 saturated heterocycles. The zero-order valence-electron chi connectivity index (χ0n) is 15.0. The first kappa shape index (κ1) is 19.5. The lowest BCUT2D eigenvalue weighted by Crippen LogP contribution is -2.32. The third-order valence-electron chi connectivity index (χ3n) is 4.23. The molecule has 0 aliphatic heterocycles. The van der Waals surface area contributed by atoms with E-state index in [1.54, 1.807) is 18.1 Å². The molecule has 0 heterocycles. The number of aliphatic hydroxyl groups excluding tert-OH is 1. The summed E-state index contributed by atoms with van der Waals surface area (Å²) in [6.45, 7) is 7.35. The molecular formula is C19H31NO3. The van der Waals surface area contributed by atoms with Crippen LogP contribution in [0.15, 0.2) is 18.2 Å². The van der Waals surface area contributed by atoms with Gasteiger partial charge in [0.25, 0.3) is 5.91 Å². The molecule has 0 spiro atoms. The summed E-state index contributed by atoms with van der Waals surface area (Å²) >= 11 is 0. The molecular weight excluding hydrogens is 290 g/mol. The van der Waals surface area contributed by atoms with Gasteiger partial charge in [0, 0.05) is 13.1 Å². The summed E-state index contributed by atoms with van der Waals surface area (Å²) in [6, 6.07) is 5.45. The fraction of sp³-hybridized carbons (Fsp3) is 0.632. The highest BCUT2D eigenvalue weighted by Gasteiger charge is 2.24. The molecule has 0 fully saturated rings. The highest BCUT2D eigenvalue weighted by atomic mass is 16.5. The van der Waals surface area contributed by atoms with Gasteiger partial charge >= 0.3 is 0 Å². The Morgan fingerprint density at radius 2 is 1.87 bits per heavy atom. The van der Waals surface area contributed by atoms with Crippen molar-refractivity contribution in [2.75, 3.05) is 20.2 Å². The van der Waals surface area contributed by atoms with E-state index in [4.69, 9.17) is 4.74 Å². The van der Waals surface area contributed by atoms with E-state index in [0.29, 0.717) is 36.4 Å². The third kappa shape index (κ3) is 5.24. The van der Waals surface area contributed by atoms with Crippen molar-refractivity contribution in [2.45, 2.75) is 59.0 Å². The maximum Gasteiger partial charge on any atom is 0.257 e. The van der Waals surface area contributed by atoms with Crippen LogP contribution in [0.2, 0.25) is 0 Å². The van der Waals surface area contributed by atoms with E-state index in [0.717, 1.165) is 12.8 Å². The smallest absolute Gasteiger partial charge is 0.257 e. The number of rotatable bonds is 10. The molecule has 1 rings (SSSR count). The number of aliphatic hydroxyl groups is 1. The molecule has 1 amide bonds. The maximum absolute atomic E-state index is 12.8. The highest BCUT2D eigenvalue weighted by Crippen LogP contribution is 2.31. The van der Waals surface area contributed by atoms with Crippen LogP contribution in [-0.4, -0.2) is 36.1 Å². The van der Waals surface area contributed by atoms with Crippen molar-refractivity contribution >= 4 is 5.91 Å². The number of ether oxygens (including phenoxy) is 1. The predicted octanol–water partition coefficient (Wildman–Crippen LogP) is 4.18. The number of benzene rings is 1. The molecule has 0 aliphatic carbocycles. The second-order valence-electron chi connectivity index (χ2n) is 5.77. The molecule has 0 aromatic heterocycles. The van der Waals surface area contributed by atoms with Crippen LogP contribution in [0.1, 0.15) is 74.9 Å². The first-order chi connectivity index (χ1) is 11.1. The molecule has 0 radical (unpaired) electrons. The Morgan fingerprint density at radius 1 is 1.17 bits per heavy atom. The molecule has 4 nitrogen and oxygen atoms in total. The minimum Gasteiger partial charge on any atom is -0.496 e. The van der Waals surface area contributed by atoms with Crippen LogP contribution in [0, 0.1) is 0 Å². The van der Waals surface area contributed by atoms with E-state index in [-0.39, 0.29) is 5.91 Å². The molecule has 0 aliphatic rings. The lowest BCUT2D eigenvalue weighted by molar-refractivity contribution is 0.0760. The molecule has 1 atom stereocenters. The zero-order valence-corrected chi connectivity index (χ0v) is 15.0. The molecule has 1 N–H and O–H groups in total. The van der Waals surface area contributed by atoms with Gasteiger partial charge in [0.15, 0.2) is 0 Å². The summed E-state index contributed by atoms with van der Waals surface area (Å²) < 4.78 is 5.38. The average Bonchev–Trinajstić information content (AvgIpc) is 2.58. The lowest BCUT2D eigenvalue weighted by Gasteiger charge is -2.23. The third-order valence-corrected chi connectivity index (χ3v) is 4.23. The van der Waals surface area contributed by atoms with Gasteiger partial charge in [0.05, 0.1) is 18.8 Å². The second kappa shape index (κ2) is 10.3. The topological polar surface area (TPSA) is 49.8 Å². The molecule has 1 unspecified atom stereocenters. The molecule has 1 aromatic carbocycles. The molecule has 0 bridgehead atoms. The maximum atomic E-state index is 12.8. The van der Waals surface area contributed by atoms with Crippen LogP contribution in [-0.2, 0) is 0 Å². The highest BCUT2D eigenvalue weighted by molar-refractivity contribution is 5.98. The number of hydrogen-bond acceptors (Lipinski definition) is 3. The number of carbonyl (C=O) groups excluding carboxylic acids is 1. The number of unbranched alkanes of at least 4 members (excludes halogenated alkanes) is 3. The summed E-state index contributed by atoms with van der Waals surface area (Å²) in [4.78, 5) is 14.6. The van der Waals surface area contributed by atoms with Crippen molar-refractivity contribution in [1.29, 1.82) is 0 Å². The number of nitrogens with zero attached hydrogens (tertiary/aromatic N) is 1. The van der Waals surface area contributed by atoms with Crippen LogP contribution in [0.4, 0.5) is 0 Å².